The normalized spacial score (nSPS) is 18.0. The Hall–Kier alpha value is -2.15. The van der Waals surface area contributed by atoms with Gasteiger partial charge in [-0.3, -0.25) is 19.4 Å². The highest BCUT2D eigenvalue weighted by Gasteiger charge is 2.31. The van der Waals surface area contributed by atoms with Gasteiger partial charge in [-0.15, -0.1) is 11.8 Å². The quantitative estimate of drug-likeness (QED) is 0.807. The van der Waals surface area contributed by atoms with Crippen LogP contribution in [0, 0.1) is 0 Å². The first-order valence-electron chi connectivity index (χ1n) is 9.03. The largest absolute Gasteiger partial charge is 0.494 e. The van der Waals surface area contributed by atoms with Gasteiger partial charge in [0, 0.05) is 6.04 Å². The second-order valence-corrected chi connectivity index (χ2v) is 7.58. The summed E-state index contributed by atoms with van der Waals surface area (Å²) in [6, 6.07) is 7.89. The third-order valence-corrected chi connectivity index (χ3v) is 5.82. The Morgan fingerprint density at radius 1 is 1.27 bits per heavy atom. The molecule has 0 saturated heterocycles. The second kappa shape index (κ2) is 8.03. The molecule has 0 aliphatic carbocycles. The van der Waals surface area contributed by atoms with Crippen LogP contribution in [0.5, 0.6) is 5.75 Å². The number of ether oxygens (including phenoxy) is 1. The van der Waals surface area contributed by atoms with Crippen molar-refractivity contribution in [2.24, 2.45) is 0 Å². The summed E-state index contributed by atoms with van der Waals surface area (Å²) in [5.74, 6) is 1.64. The molecule has 140 valence electrons. The van der Waals surface area contributed by atoms with Crippen molar-refractivity contribution in [1.29, 1.82) is 0 Å². The van der Waals surface area contributed by atoms with Crippen LogP contribution >= 0.6 is 11.8 Å². The fourth-order valence-corrected chi connectivity index (χ4v) is 4.10. The van der Waals surface area contributed by atoms with Gasteiger partial charge in [0.25, 0.3) is 5.56 Å². The molecule has 0 spiro atoms. The SMILES string of the molecule is CCCOc1ccc([C@H]2SCC(=O)Nc3c2c(=O)[nH]n3[C@@H](C)CC)cc1. The number of aromatic nitrogens is 2. The number of nitrogens with zero attached hydrogens (tertiary/aromatic N) is 1. The number of thioether (sulfide) groups is 1. The van der Waals surface area contributed by atoms with Gasteiger partial charge in [0.2, 0.25) is 5.91 Å². The van der Waals surface area contributed by atoms with Crippen molar-refractivity contribution >= 4 is 23.5 Å². The maximum absolute atomic E-state index is 12.7. The summed E-state index contributed by atoms with van der Waals surface area (Å²) >= 11 is 1.47. The summed E-state index contributed by atoms with van der Waals surface area (Å²) < 4.78 is 7.42. The van der Waals surface area contributed by atoms with Gasteiger partial charge < -0.3 is 10.1 Å². The van der Waals surface area contributed by atoms with E-state index in [9.17, 15) is 9.59 Å². The Kier molecular flexibility index (Phi) is 5.76. The van der Waals surface area contributed by atoms with Crippen LogP contribution in [0.3, 0.4) is 0 Å². The lowest BCUT2D eigenvalue weighted by Gasteiger charge is -2.16. The lowest BCUT2D eigenvalue weighted by Crippen LogP contribution is -2.18. The average molecular weight is 375 g/mol. The molecule has 2 aromatic rings. The number of H-pyrrole nitrogens is 1. The summed E-state index contributed by atoms with van der Waals surface area (Å²) in [4.78, 5) is 24.9. The number of nitrogens with one attached hydrogen (secondary N) is 2. The summed E-state index contributed by atoms with van der Waals surface area (Å²) in [7, 11) is 0. The zero-order valence-electron chi connectivity index (χ0n) is 15.4. The van der Waals surface area contributed by atoms with Crippen LogP contribution in [0.1, 0.15) is 56.0 Å². The zero-order valence-corrected chi connectivity index (χ0v) is 16.2. The minimum Gasteiger partial charge on any atom is -0.494 e. The number of rotatable bonds is 6. The Morgan fingerprint density at radius 2 is 2.00 bits per heavy atom. The molecule has 2 atom stereocenters. The molecular formula is C19H25N3O3S. The number of carbonyl (C=O) groups is 1. The molecule has 1 aromatic carbocycles. The van der Waals surface area contributed by atoms with Crippen LogP contribution in [0.4, 0.5) is 5.82 Å². The fourth-order valence-electron chi connectivity index (χ4n) is 2.98. The number of fused-ring (bicyclic) bond motifs is 1. The molecule has 1 aliphatic rings. The van der Waals surface area contributed by atoms with E-state index in [2.05, 4.69) is 24.3 Å². The van der Waals surface area contributed by atoms with Gasteiger partial charge in [0.15, 0.2) is 0 Å². The summed E-state index contributed by atoms with van der Waals surface area (Å²) in [5.41, 5.74) is 1.46. The van der Waals surface area contributed by atoms with Crippen molar-refractivity contribution in [3.8, 4) is 5.75 Å². The van der Waals surface area contributed by atoms with Crippen molar-refractivity contribution < 1.29 is 9.53 Å². The van der Waals surface area contributed by atoms with E-state index in [1.807, 2.05) is 31.2 Å². The molecule has 0 radical (unpaired) electrons. The van der Waals surface area contributed by atoms with Gasteiger partial charge in [0.05, 0.1) is 23.2 Å². The van der Waals surface area contributed by atoms with Crippen molar-refractivity contribution in [3.05, 3.63) is 45.7 Å². The van der Waals surface area contributed by atoms with Gasteiger partial charge in [-0.25, -0.2) is 0 Å². The lowest BCUT2D eigenvalue weighted by atomic mass is 10.1. The number of aromatic amines is 1. The van der Waals surface area contributed by atoms with E-state index in [0.29, 0.717) is 23.7 Å². The molecule has 0 unspecified atom stereocenters. The van der Waals surface area contributed by atoms with Gasteiger partial charge in [-0.05, 0) is 37.5 Å². The highest BCUT2D eigenvalue weighted by molar-refractivity contribution is 8.00. The second-order valence-electron chi connectivity index (χ2n) is 6.49. The van der Waals surface area contributed by atoms with E-state index < -0.39 is 0 Å². The van der Waals surface area contributed by atoms with E-state index in [-0.39, 0.29) is 22.8 Å². The molecule has 26 heavy (non-hydrogen) atoms. The molecular weight excluding hydrogens is 350 g/mol. The Balaban J connectivity index is 2.00. The number of carbonyl (C=O) groups excluding carboxylic acids is 1. The highest BCUT2D eigenvalue weighted by atomic mass is 32.2. The minimum atomic E-state index is -0.196. The predicted molar refractivity (Wildman–Crippen MR) is 105 cm³/mol. The first-order valence-corrected chi connectivity index (χ1v) is 10.1. The Labute approximate surface area is 157 Å². The number of anilines is 1. The predicted octanol–water partition coefficient (Wildman–Crippen LogP) is 3.71. The molecule has 7 heteroatoms. The topological polar surface area (TPSA) is 76.1 Å². The van der Waals surface area contributed by atoms with Crippen molar-refractivity contribution in [2.75, 3.05) is 17.7 Å². The standard InChI is InChI=1S/C19H25N3O3S/c1-4-10-25-14-8-6-13(7-9-14)17-16-18(20-15(23)11-26-17)22(12(3)5-2)21-19(16)24/h6-9,12,17H,4-5,10-11H2,1-3H3,(H,20,23)(H,21,24)/t12-,17+/m0/s1. The van der Waals surface area contributed by atoms with Crippen LogP contribution in [-0.4, -0.2) is 28.0 Å². The smallest absolute Gasteiger partial charge is 0.270 e. The molecule has 0 saturated carbocycles. The number of hydrogen-bond acceptors (Lipinski definition) is 4. The van der Waals surface area contributed by atoms with Crippen LogP contribution in [0.15, 0.2) is 29.1 Å². The maximum Gasteiger partial charge on any atom is 0.270 e. The van der Waals surface area contributed by atoms with Gasteiger partial charge >= 0.3 is 0 Å². The van der Waals surface area contributed by atoms with E-state index in [1.165, 1.54) is 11.8 Å². The lowest BCUT2D eigenvalue weighted by molar-refractivity contribution is -0.113. The number of amides is 1. The van der Waals surface area contributed by atoms with Crippen molar-refractivity contribution in [3.63, 3.8) is 0 Å². The average Bonchev–Trinajstić information content (AvgIpc) is 2.85. The van der Waals surface area contributed by atoms with E-state index >= 15 is 0 Å². The van der Waals surface area contributed by atoms with Crippen molar-refractivity contribution in [2.45, 2.75) is 44.9 Å². The third-order valence-electron chi connectivity index (χ3n) is 4.55. The first-order chi connectivity index (χ1) is 12.5. The van der Waals surface area contributed by atoms with Crippen LogP contribution in [0.2, 0.25) is 0 Å². The van der Waals surface area contributed by atoms with Crippen LogP contribution in [0.25, 0.3) is 0 Å². The van der Waals surface area contributed by atoms with E-state index in [4.69, 9.17) is 4.74 Å². The van der Waals surface area contributed by atoms with Gasteiger partial charge in [-0.1, -0.05) is 26.0 Å². The fraction of sp³-hybridized carbons (Fsp3) is 0.474. The zero-order chi connectivity index (χ0) is 18.7. The summed E-state index contributed by atoms with van der Waals surface area (Å²) in [6.07, 6.45) is 1.81. The van der Waals surface area contributed by atoms with E-state index in [1.54, 1.807) is 4.68 Å². The molecule has 0 bridgehead atoms. The Bertz CT molecular complexity index is 826. The van der Waals surface area contributed by atoms with Crippen molar-refractivity contribution in [1.82, 2.24) is 9.78 Å². The highest BCUT2D eigenvalue weighted by Crippen LogP contribution is 2.40. The van der Waals surface area contributed by atoms with E-state index in [0.717, 1.165) is 24.2 Å². The molecule has 2 N–H and O–H groups in total. The van der Waals surface area contributed by atoms with Crippen LogP contribution < -0.4 is 15.6 Å². The molecule has 6 nitrogen and oxygen atoms in total. The number of benzene rings is 1. The Morgan fingerprint density at radius 3 is 2.65 bits per heavy atom. The first kappa shape index (κ1) is 18.6. The third kappa shape index (κ3) is 3.67. The monoisotopic (exact) mass is 375 g/mol. The molecule has 2 heterocycles. The molecule has 1 aliphatic heterocycles. The van der Waals surface area contributed by atoms with Gasteiger partial charge in [-0.2, -0.15) is 0 Å². The molecule has 0 fully saturated rings. The molecule has 1 aromatic heterocycles. The summed E-state index contributed by atoms with van der Waals surface area (Å²) in [6.45, 7) is 6.82. The number of hydrogen-bond donors (Lipinski definition) is 2. The molecule has 1 amide bonds. The molecule has 3 rings (SSSR count). The van der Waals surface area contributed by atoms with Crippen LogP contribution in [-0.2, 0) is 4.79 Å². The van der Waals surface area contributed by atoms with Gasteiger partial charge in [0.1, 0.15) is 11.6 Å². The minimum absolute atomic E-state index is 0.0855. The summed E-state index contributed by atoms with van der Waals surface area (Å²) in [5, 5.41) is 5.62. The maximum atomic E-state index is 12.7.